The number of phenols is 1. The largest absolute Gasteiger partial charge is 0.505 e. The monoisotopic (exact) mass is 837 g/mol. The van der Waals surface area contributed by atoms with Crippen LogP contribution in [0.1, 0.15) is 0 Å². The number of fused-ring (bicyclic) bond motifs is 2. The van der Waals surface area contributed by atoms with E-state index >= 15 is 0 Å². The Hall–Kier alpha value is -5.44. The highest BCUT2D eigenvalue weighted by Crippen LogP contribution is 2.43. The maximum Gasteiger partial charge on any atom is 0.296 e. The highest BCUT2D eigenvalue weighted by Gasteiger charge is 2.26. The molecule has 0 spiro atoms. The summed E-state index contributed by atoms with van der Waals surface area (Å²) < 4.78 is 137. The van der Waals surface area contributed by atoms with Crippen molar-refractivity contribution in [2.75, 3.05) is 5.32 Å². The van der Waals surface area contributed by atoms with E-state index < -0.39 is 88.0 Å². The summed E-state index contributed by atoms with van der Waals surface area (Å²) in [5, 5.41) is 19.9. The lowest BCUT2D eigenvalue weighted by atomic mass is 10.1. The Balaban J connectivity index is 1.48. The Kier molecular flexibility index (Phi) is 9.76. The topological polar surface area (TPSA) is 328 Å². The Morgan fingerprint density at radius 3 is 1.91 bits per heavy atom. The second-order valence-electron chi connectivity index (χ2n) is 10.9. The number of rotatable bonds is 9. The number of phenolic OH excluding ortho intramolecular Hbond substituents is 1. The Bertz CT molecular complexity index is 3110. The number of anilines is 2. The zero-order valence-corrected chi connectivity index (χ0v) is 30.3. The maximum atomic E-state index is 12.5. The summed E-state index contributed by atoms with van der Waals surface area (Å²) in [6.45, 7) is 0. The molecule has 0 aliphatic carbocycles. The van der Waals surface area contributed by atoms with E-state index in [2.05, 4.69) is 35.5 Å². The molecule has 1 heterocycles. The highest BCUT2D eigenvalue weighted by molar-refractivity contribution is 7.87. The van der Waals surface area contributed by atoms with Gasteiger partial charge in [-0.2, -0.15) is 43.6 Å². The molecule has 0 bridgehead atoms. The van der Waals surface area contributed by atoms with Gasteiger partial charge in [-0.3, -0.25) is 23.2 Å². The molecule has 25 heteroatoms. The van der Waals surface area contributed by atoms with Gasteiger partial charge in [0, 0.05) is 16.5 Å². The van der Waals surface area contributed by atoms with Crippen molar-refractivity contribution in [2.45, 2.75) is 19.6 Å². The van der Waals surface area contributed by atoms with E-state index in [9.17, 15) is 57.0 Å². The molecular formula is C29H20ClN7O13S4. The minimum atomic E-state index is -5.30. The maximum absolute atomic E-state index is 12.5. The van der Waals surface area contributed by atoms with Crippen LogP contribution in [0.2, 0.25) is 5.28 Å². The van der Waals surface area contributed by atoms with Gasteiger partial charge in [-0.05, 0) is 83.0 Å². The number of aromatic amines is 1. The quantitative estimate of drug-likeness (QED) is 0.0756. The number of nitrogens with one attached hydrogen (secondary N) is 2. The molecule has 0 aliphatic heterocycles. The van der Waals surface area contributed by atoms with Gasteiger partial charge in [-0.1, -0.05) is 18.2 Å². The first-order valence-corrected chi connectivity index (χ1v) is 20.5. The van der Waals surface area contributed by atoms with Crippen LogP contribution in [0.4, 0.5) is 28.7 Å². The summed E-state index contributed by atoms with van der Waals surface area (Å²) in [4.78, 5) is 10.8. The number of H-pyrrole nitrogens is 1. The van der Waals surface area contributed by atoms with E-state index in [0.29, 0.717) is 30.0 Å². The summed E-state index contributed by atoms with van der Waals surface area (Å²) in [7, 11) is -20.9. The summed E-state index contributed by atoms with van der Waals surface area (Å²) >= 11 is 6.07. The number of azo groups is 1. The number of benzene rings is 5. The minimum absolute atomic E-state index is 0.00445. The molecule has 1 aromatic heterocycles. The van der Waals surface area contributed by atoms with Gasteiger partial charge in [0.15, 0.2) is 5.75 Å². The molecule has 6 aromatic rings. The summed E-state index contributed by atoms with van der Waals surface area (Å²) in [5.41, 5.74) is -0.977. The average Bonchev–Trinajstić information content (AvgIpc) is 3.05. The first-order chi connectivity index (χ1) is 25.1. The number of aromatic nitrogens is 3. The van der Waals surface area contributed by atoms with Crippen LogP contribution in [-0.2, 0) is 40.5 Å². The smallest absolute Gasteiger partial charge is 0.296 e. The van der Waals surface area contributed by atoms with Crippen LogP contribution in [0.25, 0.3) is 21.5 Å². The molecule has 0 amide bonds. The van der Waals surface area contributed by atoms with Crippen LogP contribution < -0.4 is 10.9 Å². The number of aromatic hydroxyl groups is 1. The second-order valence-corrected chi connectivity index (χ2v) is 16.9. The van der Waals surface area contributed by atoms with Gasteiger partial charge in [-0.15, -0.1) is 10.2 Å². The third-order valence-electron chi connectivity index (χ3n) is 7.29. The van der Waals surface area contributed by atoms with Gasteiger partial charge in [0.1, 0.15) is 26.1 Å². The molecule has 0 atom stereocenters. The number of hydrogen-bond acceptors (Lipinski definition) is 15. The van der Waals surface area contributed by atoms with Crippen LogP contribution in [-0.4, -0.2) is 71.9 Å². The normalized spacial score (nSPS) is 13.2. The molecule has 0 saturated heterocycles. The second kappa shape index (κ2) is 13.8. The van der Waals surface area contributed by atoms with Crippen LogP contribution in [0.3, 0.4) is 0 Å². The number of para-hydroxylation sites is 1. The third kappa shape index (κ3) is 8.20. The van der Waals surface area contributed by atoms with Crippen LogP contribution >= 0.6 is 11.6 Å². The number of nitrogens with zero attached hydrogens (tertiary/aromatic N) is 5. The lowest BCUT2D eigenvalue weighted by Crippen LogP contribution is -2.16. The van der Waals surface area contributed by atoms with Crippen LogP contribution in [0.5, 0.6) is 5.75 Å². The lowest BCUT2D eigenvalue weighted by Gasteiger charge is -2.12. The fourth-order valence-electron chi connectivity index (χ4n) is 5.03. The fourth-order valence-corrected chi connectivity index (χ4v) is 7.84. The molecule has 0 fully saturated rings. The Morgan fingerprint density at radius 2 is 1.28 bits per heavy atom. The molecule has 5 aromatic carbocycles. The van der Waals surface area contributed by atoms with E-state index in [1.807, 2.05) is 0 Å². The molecular weight excluding hydrogens is 818 g/mol. The lowest BCUT2D eigenvalue weighted by molar-refractivity contribution is 0.471. The fraction of sp³-hybridized carbons (Fsp3) is 0. The van der Waals surface area contributed by atoms with Crippen molar-refractivity contribution >= 4 is 102 Å². The molecule has 20 nitrogen and oxygen atoms in total. The Morgan fingerprint density at radius 1 is 0.648 bits per heavy atom. The first-order valence-electron chi connectivity index (χ1n) is 14.3. The molecule has 6 rings (SSSR count). The minimum Gasteiger partial charge on any atom is -0.505 e. The van der Waals surface area contributed by atoms with Crippen molar-refractivity contribution in [1.82, 2.24) is 15.0 Å². The van der Waals surface area contributed by atoms with Crippen molar-refractivity contribution in [3.8, 4) is 5.75 Å². The predicted molar refractivity (Wildman–Crippen MR) is 189 cm³/mol. The number of halogens is 1. The molecule has 7 N–H and O–H groups in total. The SMILES string of the molecule is O=S(=O)(O)c1cc(S(=O)(=O)O)c2cc(N=Nc3c(S(=O)(=O)O)cc4cc(Nc5nc(Cl)nc(=Nc6ccccc6)[nH]5)ccc4c3O)c(S(=O)(=O)O)cc2c1. The average molecular weight is 838 g/mol. The zero-order chi connectivity index (χ0) is 39.4. The van der Waals surface area contributed by atoms with Gasteiger partial charge < -0.3 is 10.4 Å². The zero-order valence-electron chi connectivity index (χ0n) is 26.3. The third-order valence-corrected chi connectivity index (χ3v) is 10.9. The summed E-state index contributed by atoms with van der Waals surface area (Å²) in [6.07, 6.45) is 0. The van der Waals surface area contributed by atoms with Crippen molar-refractivity contribution in [1.29, 1.82) is 0 Å². The van der Waals surface area contributed by atoms with E-state index in [1.165, 1.54) is 18.2 Å². The molecule has 0 unspecified atom stereocenters. The van der Waals surface area contributed by atoms with E-state index in [1.54, 1.807) is 30.3 Å². The molecule has 0 saturated carbocycles. The van der Waals surface area contributed by atoms with Crippen LogP contribution in [0.15, 0.2) is 114 Å². The van der Waals surface area contributed by atoms with E-state index in [0.717, 1.165) is 6.07 Å². The summed E-state index contributed by atoms with van der Waals surface area (Å²) in [6, 6.07) is 15.8. The Labute approximate surface area is 308 Å². The van der Waals surface area contributed by atoms with Crippen LogP contribution in [0, 0.1) is 0 Å². The first kappa shape index (κ1) is 38.3. The van der Waals surface area contributed by atoms with Crippen molar-refractivity contribution in [3.63, 3.8) is 0 Å². The highest BCUT2D eigenvalue weighted by atomic mass is 35.5. The van der Waals surface area contributed by atoms with E-state index in [-0.39, 0.29) is 33.3 Å². The molecule has 54 heavy (non-hydrogen) atoms. The summed E-state index contributed by atoms with van der Waals surface area (Å²) in [5.74, 6) is -0.855. The van der Waals surface area contributed by atoms with Gasteiger partial charge in [-0.25, -0.2) is 4.99 Å². The van der Waals surface area contributed by atoms with Crippen molar-refractivity contribution < 1.29 is 57.0 Å². The van der Waals surface area contributed by atoms with Gasteiger partial charge >= 0.3 is 0 Å². The molecule has 280 valence electrons. The standard InChI is InChI=1S/C29H20ClN7O13S4/c30-27-33-28(31-16-4-2-1-3-5-16)35-29(34-27)32-17-6-7-19-14(8-17)11-24(54(48,49)50)25(26(19)38)37-36-21-13-20-15(10-23(21)53(45,46)47)9-18(51(39,40)41)12-22(20)52(42,43)44/h1-13,38H,(H,39,40,41)(H,42,43,44)(H,45,46,47)(H,48,49,50)(H2,31,32,33,34,35). The predicted octanol–water partition coefficient (Wildman–Crippen LogP) is 4.85. The van der Waals surface area contributed by atoms with Gasteiger partial charge in [0.2, 0.25) is 16.9 Å². The molecule has 0 radical (unpaired) electrons. The van der Waals surface area contributed by atoms with Crippen molar-refractivity contribution in [3.05, 3.63) is 89.8 Å². The molecule has 0 aliphatic rings. The van der Waals surface area contributed by atoms with Gasteiger partial charge in [0.25, 0.3) is 40.5 Å². The number of hydrogen-bond donors (Lipinski definition) is 7. The van der Waals surface area contributed by atoms with Gasteiger partial charge in [0.05, 0.1) is 10.6 Å². The van der Waals surface area contributed by atoms with Crippen molar-refractivity contribution in [2.24, 2.45) is 15.2 Å². The van der Waals surface area contributed by atoms with E-state index in [4.69, 9.17) is 11.6 Å².